The normalized spacial score (nSPS) is 10.8. The van der Waals surface area contributed by atoms with E-state index in [0.717, 1.165) is 21.2 Å². The molecule has 0 saturated heterocycles. The third-order valence-corrected chi connectivity index (χ3v) is 4.58. The first kappa shape index (κ1) is 17.2. The zero-order valence-corrected chi connectivity index (χ0v) is 14.8. The number of thiophene rings is 1. The minimum Gasteiger partial charge on any atom is -0.489 e. The second-order valence-corrected chi connectivity index (χ2v) is 6.37. The molecular weight excluding hydrogens is 340 g/mol. The SMILES string of the molecule is CCOc1nc(C)ncc1COc1ccc2c(CC(=O)O)csc2c1. The lowest BCUT2D eigenvalue weighted by Gasteiger charge is -2.11. The molecule has 2 aromatic heterocycles. The predicted molar refractivity (Wildman–Crippen MR) is 95.4 cm³/mol. The van der Waals surface area contributed by atoms with Crippen molar-refractivity contribution in [1.82, 2.24) is 9.97 Å². The van der Waals surface area contributed by atoms with Gasteiger partial charge in [0.05, 0.1) is 18.6 Å². The smallest absolute Gasteiger partial charge is 0.307 e. The first-order valence-corrected chi connectivity index (χ1v) is 8.74. The zero-order valence-electron chi connectivity index (χ0n) is 14.0. The molecule has 6 nitrogen and oxygen atoms in total. The first-order valence-electron chi connectivity index (χ1n) is 7.87. The summed E-state index contributed by atoms with van der Waals surface area (Å²) < 4.78 is 12.4. The summed E-state index contributed by atoms with van der Waals surface area (Å²) in [5.41, 5.74) is 1.61. The number of ether oxygens (including phenoxy) is 2. The number of fused-ring (bicyclic) bond motifs is 1. The Balaban J connectivity index is 1.77. The summed E-state index contributed by atoms with van der Waals surface area (Å²) in [6, 6.07) is 5.66. The summed E-state index contributed by atoms with van der Waals surface area (Å²) in [5, 5.41) is 11.8. The van der Waals surface area contributed by atoms with E-state index >= 15 is 0 Å². The average Bonchev–Trinajstić information content (AvgIpc) is 2.96. The van der Waals surface area contributed by atoms with E-state index in [1.165, 1.54) is 11.3 Å². The van der Waals surface area contributed by atoms with E-state index in [1.54, 1.807) is 6.20 Å². The average molecular weight is 358 g/mol. The number of carboxylic acid groups (broad SMARTS) is 1. The molecule has 3 aromatic rings. The van der Waals surface area contributed by atoms with Crippen LogP contribution in [-0.4, -0.2) is 27.7 Å². The van der Waals surface area contributed by atoms with Gasteiger partial charge in [-0.3, -0.25) is 4.79 Å². The number of hydrogen-bond donors (Lipinski definition) is 1. The fourth-order valence-electron chi connectivity index (χ4n) is 2.45. The Kier molecular flexibility index (Phi) is 5.14. The fourth-order valence-corrected chi connectivity index (χ4v) is 3.44. The van der Waals surface area contributed by atoms with Gasteiger partial charge in [0.1, 0.15) is 18.2 Å². The van der Waals surface area contributed by atoms with Crippen LogP contribution in [-0.2, 0) is 17.8 Å². The van der Waals surface area contributed by atoms with E-state index < -0.39 is 5.97 Å². The van der Waals surface area contributed by atoms with E-state index in [-0.39, 0.29) is 6.42 Å². The van der Waals surface area contributed by atoms with Gasteiger partial charge in [-0.1, -0.05) is 0 Å². The maximum absolute atomic E-state index is 10.9. The van der Waals surface area contributed by atoms with Crippen LogP contribution in [0.25, 0.3) is 10.1 Å². The molecule has 0 spiro atoms. The van der Waals surface area contributed by atoms with Gasteiger partial charge in [-0.15, -0.1) is 11.3 Å². The summed E-state index contributed by atoms with van der Waals surface area (Å²) in [7, 11) is 0. The van der Waals surface area contributed by atoms with E-state index in [0.29, 0.717) is 30.7 Å². The highest BCUT2D eigenvalue weighted by Crippen LogP contribution is 2.30. The van der Waals surface area contributed by atoms with Crippen LogP contribution in [0.5, 0.6) is 11.6 Å². The van der Waals surface area contributed by atoms with Crippen LogP contribution >= 0.6 is 11.3 Å². The van der Waals surface area contributed by atoms with Crippen molar-refractivity contribution in [3.8, 4) is 11.6 Å². The largest absolute Gasteiger partial charge is 0.489 e. The van der Waals surface area contributed by atoms with E-state index in [2.05, 4.69) is 9.97 Å². The molecule has 7 heteroatoms. The van der Waals surface area contributed by atoms with Crippen molar-refractivity contribution in [2.45, 2.75) is 26.9 Å². The number of rotatable bonds is 7. The minimum absolute atomic E-state index is 0.0264. The molecule has 25 heavy (non-hydrogen) atoms. The van der Waals surface area contributed by atoms with Gasteiger partial charge in [0, 0.05) is 10.9 Å². The van der Waals surface area contributed by atoms with Crippen molar-refractivity contribution in [2.75, 3.05) is 6.61 Å². The van der Waals surface area contributed by atoms with Gasteiger partial charge >= 0.3 is 5.97 Å². The molecule has 0 radical (unpaired) electrons. The zero-order chi connectivity index (χ0) is 17.8. The van der Waals surface area contributed by atoms with Crippen LogP contribution in [0, 0.1) is 6.92 Å². The lowest BCUT2D eigenvalue weighted by Crippen LogP contribution is -2.05. The van der Waals surface area contributed by atoms with Gasteiger partial charge < -0.3 is 14.6 Å². The highest BCUT2D eigenvalue weighted by atomic mass is 32.1. The number of aliphatic carboxylic acids is 1. The predicted octanol–water partition coefficient (Wildman–Crippen LogP) is 3.60. The van der Waals surface area contributed by atoms with Gasteiger partial charge in [-0.2, -0.15) is 4.98 Å². The van der Waals surface area contributed by atoms with E-state index in [9.17, 15) is 4.79 Å². The Hall–Kier alpha value is -2.67. The van der Waals surface area contributed by atoms with Gasteiger partial charge in [0.2, 0.25) is 5.88 Å². The third-order valence-electron chi connectivity index (χ3n) is 3.59. The molecule has 3 rings (SSSR count). The van der Waals surface area contributed by atoms with Crippen molar-refractivity contribution in [2.24, 2.45) is 0 Å². The molecule has 0 amide bonds. The summed E-state index contributed by atoms with van der Waals surface area (Å²) >= 11 is 1.51. The Labute approximate surface area is 149 Å². The van der Waals surface area contributed by atoms with Crippen molar-refractivity contribution in [1.29, 1.82) is 0 Å². The molecule has 0 aliphatic rings. The number of benzene rings is 1. The molecular formula is C18H18N2O4S. The lowest BCUT2D eigenvalue weighted by atomic mass is 10.1. The Morgan fingerprint density at radius 2 is 2.12 bits per heavy atom. The van der Waals surface area contributed by atoms with Crippen LogP contribution in [0.3, 0.4) is 0 Å². The second-order valence-electron chi connectivity index (χ2n) is 5.46. The summed E-state index contributed by atoms with van der Waals surface area (Å²) in [4.78, 5) is 19.4. The maximum Gasteiger partial charge on any atom is 0.307 e. The number of aromatic nitrogens is 2. The quantitative estimate of drug-likeness (QED) is 0.695. The van der Waals surface area contributed by atoms with E-state index in [1.807, 2.05) is 37.4 Å². The summed E-state index contributed by atoms with van der Waals surface area (Å²) in [5.74, 6) is 1.07. The molecule has 0 saturated carbocycles. The molecule has 0 aliphatic carbocycles. The molecule has 1 aromatic carbocycles. The highest BCUT2D eigenvalue weighted by molar-refractivity contribution is 7.17. The molecule has 0 aliphatic heterocycles. The van der Waals surface area contributed by atoms with Crippen LogP contribution < -0.4 is 9.47 Å². The molecule has 0 unspecified atom stereocenters. The first-order chi connectivity index (χ1) is 12.1. The number of hydrogen-bond acceptors (Lipinski definition) is 6. The molecule has 130 valence electrons. The Bertz CT molecular complexity index is 907. The van der Waals surface area contributed by atoms with Crippen LogP contribution in [0.4, 0.5) is 0 Å². The molecule has 2 heterocycles. The number of aryl methyl sites for hydroxylation is 1. The summed E-state index contributed by atoms with van der Waals surface area (Å²) in [6.45, 7) is 4.54. The van der Waals surface area contributed by atoms with Crippen LogP contribution in [0.1, 0.15) is 23.9 Å². The van der Waals surface area contributed by atoms with Crippen LogP contribution in [0.15, 0.2) is 29.8 Å². The topological polar surface area (TPSA) is 81.5 Å². The molecule has 0 fully saturated rings. The van der Waals surface area contributed by atoms with Crippen molar-refractivity contribution < 1.29 is 19.4 Å². The number of carbonyl (C=O) groups is 1. The maximum atomic E-state index is 10.9. The van der Waals surface area contributed by atoms with Gasteiger partial charge in [0.15, 0.2) is 0 Å². The minimum atomic E-state index is -0.831. The Morgan fingerprint density at radius 1 is 1.28 bits per heavy atom. The highest BCUT2D eigenvalue weighted by Gasteiger charge is 2.11. The van der Waals surface area contributed by atoms with E-state index in [4.69, 9.17) is 14.6 Å². The number of carboxylic acids is 1. The fraction of sp³-hybridized carbons (Fsp3) is 0.278. The second kappa shape index (κ2) is 7.48. The van der Waals surface area contributed by atoms with Gasteiger partial charge in [-0.25, -0.2) is 4.98 Å². The monoisotopic (exact) mass is 358 g/mol. The van der Waals surface area contributed by atoms with Gasteiger partial charge in [-0.05, 0) is 48.4 Å². The van der Waals surface area contributed by atoms with Crippen molar-refractivity contribution >= 4 is 27.4 Å². The molecule has 0 bridgehead atoms. The van der Waals surface area contributed by atoms with Crippen molar-refractivity contribution in [3.63, 3.8) is 0 Å². The lowest BCUT2D eigenvalue weighted by molar-refractivity contribution is -0.136. The third kappa shape index (κ3) is 4.06. The standard InChI is InChI=1S/C18H18N2O4S/c1-3-23-18-13(8-19-11(2)20-18)9-24-14-4-5-15-12(6-17(21)22)10-25-16(15)7-14/h4-5,7-8,10H,3,6,9H2,1-2H3,(H,21,22). The Morgan fingerprint density at radius 3 is 2.88 bits per heavy atom. The molecule has 0 atom stereocenters. The number of nitrogens with zero attached hydrogens (tertiary/aromatic N) is 2. The van der Waals surface area contributed by atoms with Crippen molar-refractivity contribution in [3.05, 3.63) is 46.7 Å². The van der Waals surface area contributed by atoms with Gasteiger partial charge in [0.25, 0.3) is 0 Å². The summed E-state index contributed by atoms with van der Waals surface area (Å²) in [6.07, 6.45) is 1.74. The molecule has 1 N–H and O–H groups in total. The van der Waals surface area contributed by atoms with Crippen LogP contribution in [0.2, 0.25) is 0 Å².